The predicted molar refractivity (Wildman–Crippen MR) is 46.7 cm³/mol. The Labute approximate surface area is 74.4 Å². The third-order valence-electron chi connectivity index (χ3n) is 2.60. The molecule has 2 rings (SSSR count). The first-order valence-electron chi connectivity index (χ1n) is 4.54. The molecule has 2 aliphatic rings. The molecule has 70 valence electrons. The van der Waals surface area contributed by atoms with Crippen LogP contribution in [-0.2, 0) is 13.6 Å². The van der Waals surface area contributed by atoms with Gasteiger partial charge in [0.2, 0.25) is 0 Å². The molecule has 0 N–H and O–H groups in total. The number of hydrogen-bond donors (Lipinski definition) is 0. The Hall–Kier alpha value is 0.310. The maximum atomic E-state index is 5.66. The highest BCUT2D eigenvalue weighted by Crippen LogP contribution is 2.48. The quantitative estimate of drug-likeness (QED) is 0.594. The van der Waals surface area contributed by atoms with Crippen LogP contribution in [0.2, 0.25) is 0 Å². The van der Waals surface area contributed by atoms with E-state index in [0.29, 0.717) is 12.0 Å². The third kappa shape index (κ3) is 1.80. The van der Waals surface area contributed by atoms with Gasteiger partial charge in [0, 0.05) is 13.0 Å². The molecule has 1 aliphatic heterocycles. The second-order valence-electron chi connectivity index (χ2n) is 3.39. The highest BCUT2D eigenvalue weighted by molar-refractivity contribution is 7.41. The van der Waals surface area contributed by atoms with Crippen LogP contribution in [0.5, 0.6) is 0 Å². The van der Waals surface area contributed by atoms with Crippen molar-refractivity contribution in [3.05, 3.63) is 0 Å². The Morgan fingerprint density at radius 2 is 2.17 bits per heavy atom. The lowest BCUT2D eigenvalue weighted by molar-refractivity contribution is -0.00367. The molecular weight excluding hydrogens is 175 g/mol. The van der Waals surface area contributed by atoms with Gasteiger partial charge in [-0.05, 0) is 12.8 Å². The fourth-order valence-electron chi connectivity index (χ4n) is 1.90. The highest BCUT2D eigenvalue weighted by atomic mass is 31.2. The molecular formula is C8H15O3P. The summed E-state index contributed by atoms with van der Waals surface area (Å²) in [6.45, 7) is 0.838. The standard InChI is InChI=1S/C8H15O3P/c1-9-12-10-6-7-4-2-3-5-8(7)11-12/h7-8H,2-6H2,1H3. The molecule has 1 saturated carbocycles. The Morgan fingerprint density at radius 1 is 1.33 bits per heavy atom. The maximum absolute atomic E-state index is 5.66. The van der Waals surface area contributed by atoms with E-state index >= 15 is 0 Å². The van der Waals surface area contributed by atoms with Crippen LogP contribution in [0.4, 0.5) is 0 Å². The van der Waals surface area contributed by atoms with Crippen LogP contribution in [0, 0.1) is 5.92 Å². The van der Waals surface area contributed by atoms with E-state index < -0.39 is 8.60 Å². The minimum Gasteiger partial charge on any atom is -0.316 e. The molecule has 0 radical (unpaired) electrons. The molecule has 2 fully saturated rings. The van der Waals surface area contributed by atoms with E-state index in [9.17, 15) is 0 Å². The molecule has 0 spiro atoms. The molecule has 3 unspecified atom stereocenters. The molecule has 1 saturated heterocycles. The Balaban J connectivity index is 1.90. The van der Waals surface area contributed by atoms with Crippen molar-refractivity contribution in [2.45, 2.75) is 31.8 Å². The first kappa shape index (κ1) is 8.89. The van der Waals surface area contributed by atoms with Gasteiger partial charge in [-0.1, -0.05) is 12.8 Å². The smallest absolute Gasteiger partial charge is 0.316 e. The van der Waals surface area contributed by atoms with E-state index in [4.69, 9.17) is 13.6 Å². The van der Waals surface area contributed by atoms with Gasteiger partial charge in [-0.3, -0.25) is 0 Å². The zero-order chi connectivity index (χ0) is 8.39. The first-order chi connectivity index (χ1) is 5.90. The van der Waals surface area contributed by atoms with Gasteiger partial charge in [0.1, 0.15) is 0 Å². The minimum absolute atomic E-state index is 0.415. The summed E-state index contributed by atoms with van der Waals surface area (Å²) in [4.78, 5) is 0. The van der Waals surface area contributed by atoms with Crippen molar-refractivity contribution >= 4 is 8.60 Å². The van der Waals surface area contributed by atoms with Gasteiger partial charge in [-0.15, -0.1) is 0 Å². The van der Waals surface area contributed by atoms with Gasteiger partial charge in [0.25, 0.3) is 0 Å². The van der Waals surface area contributed by atoms with Gasteiger partial charge in [-0.2, -0.15) is 0 Å². The molecule has 12 heavy (non-hydrogen) atoms. The van der Waals surface area contributed by atoms with Crippen molar-refractivity contribution in [3.8, 4) is 0 Å². The molecule has 0 aromatic carbocycles. The summed E-state index contributed by atoms with van der Waals surface area (Å²) in [6.07, 6.45) is 5.50. The summed E-state index contributed by atoms with van der Waals surface area (Å²) in [5, 5.41) is 0. The molecule has 0 amide bonds. The van der Waals surface area contributed by atoms with E-state index in [1.54, 1.807) is 7.11 Å². The van der Waals surface area contributed by atoms with Crippen molar-refractivity contribution in [1.29, 1.82) is 0 Å². The van der Waals surface area contributed by atoms with Crippen LogP contribution in [0.3, 0.4) is 0 Å². The number of rotatable bonds is 1. The fraction of sp³-hybridized carbons (Fsp3) is 1.00. The zero-order valence-corrected chi connectivity index (χ0v) is 8.26. The summed E-state index contributed by atoms with van der Waals surface area (Å²) in [5.41, 5.74) is 0. The normalized spacial score (nSPS) is 42.2. The van der Waals surface area contributed by atoms with Gasteiger partial charge in [0.15, 0.2) is 0 Å². The summed E-state index contributed by atoms with van der Waals surface area (Å²) in [5.74, 6) is 0.632. The Kier molecular flexibility index (Phi) is 2.97. The van der Waals surface area contributed by atoms with E-state index in [1.807, 2.05) is 0 Å². The monoisotopic (exact) mass is 190 g/mol. The van der Waals surface area contributed by atoms with Crippen LogP contribution in [0.1, 0.15) is 25.7 Å². The molecule has 3 nitrogen and oxygen atoms in total. The van der Waals surface area contributed by atoms with Crippen molar-refractivity contribution in [3.63, 3.8) is 0 Å². The Morgan fingerprint density at radius 3 is 3.00 bits per heavy atom. The van der Waals surface area contributed by atoms with Gasteiger partial charge in [0.05, 0.1) is 12.7 Å². The highest BCUT2D eigenvalue weighted by Gasteiger charge is 2.34. The van der Waals surface area contributed by atoms with Crippen LogP contribution < -0.4 is 0 Å². The Bertz CT molecular complexity index is 153. The molecule has 3 atom stereocenters. The van der Waals surface area contributed by atoms with Crippen LogP contribution in [-0.4, -0.2) is 19.8 Å². The number of fused-ring (bicyclic) bond motifs is 1. The van der Waals surface area contributed by atoms with Gasteiger partial charge >= 0.3 is 8.60 Å². The summed E-state index contributed by atoms with van der Waals surface area (Å²) in [7, 11) is 0.635. The molecule has 1 heterocycles. The van der Waals surface area contributed by atoms with Gasteiger partial charge < -0.3 is 13.6 Å². The van der Waals surface area contributed by atoms with E-state index in [0.717, 1.165) is 6.61 Å². The lowest BCUT2D eigenvalue weighted by atomic mass is 9.87. The molecule has 1 aliphatic carbocycles. The number of hydrogen-bond acceptors (Lipinski definition) is 3. The second-order valence-corrected chi connectivity index (χ2v) is 4.67. The zero-order valence-electron chi connectivity index (χ0n) is 7.36. The minimum atomic E-state index is -1.01. The lowest BCUT2D eigenvalue weighted by Crippen LogP contribution is -2.33. The first-order valence-corrected chi connectivity index (χ1v) is 5.63. The fourth-order valence-corrected chi connectivity index (χ4v) is 2.96. The third-order valence-corrected chi connectivity index (χ3v) is 3.70. The van der Waals surface area contributed by atoms with Crippen LogP contribution >= 0.6 is 8.60 Å². The van der Waals surface area contributed by atoms with Crippen molar-refractivity contribution in [2.75, 3.05) is 13.7 Å². The summed E-state index contributed by atoms with van der Waals surface area (Å²) >= 11 is 0. The average molecular weight is 190 g/mol. The summed E-state index contributed by atoms with van der Waals surface area (Å²) in [6, 6.07) is 0. The molecule has 0 aromatic heterocycles. The van der Waals surface area contributed by atoms with E-state index in [2.05, 4.69) is 0 Å². The van der Waals surface area contributed by atoms with Crippen molar-refractivity contribution < 1.29 is 13.6 Å². The molecule has 0 bridgehead atoms. The second kappa shape index (κ2) is 4.01. The molecule has 4 heteroatoms. The van der Waals surface area contributed by atoms with Crippen molar-refractivity contribution in [1.82, 2.24) is 0 Å². The topological polar surface area (TPSA) is 27.7 Å². The van der Waals surface area contributed by atoms with Crippen molar-refractivity contribution in [2.24, 2.45) is 5.92 Å². The van der Waals surface area contributed by atoms with Gasteiger partial charge in [-0.25, -0.2) is 0 Å². The van der Waals surface area contributed by atoms with E-state index in [1.165, 1.54) is 25.7 Å². The SMILES string of the molecule is COP1OCC2CCCCC2O1. The lowest BCUT2D eigenvalue weighted by Gasteiger charge is -2.37. The molecule has 0 aromatic rings. The van der Waals surface area contributed by atoms with E-state index in [-0.39, 0.29) is 0 Å². The predicted octanol–water partition coefficient (Wildman–Crippen LogP) is 2.47. The largest absolute Gasteiger partial charge is 0.332 e. The summed E-state index contributed by atoms with van der Waals surface area (Å²) < 4.78 is 16.1. The van der Waals surface area contributed by atoms with Crippen LogP contribution in [0.15, 0.2) is 0 Å². The maximum Gasteiger partial charge on any atom is 0.332 e. The van der Waals surface area contributed by atoms with Crippen LogP contribution in [0.25, 0.3) is 0 Å². The average Bonchev–Trinajstić information content (AvgIpc) is 2.17.